The van der Waals surface area contributed by atoms with Crippen LogP contribution in [0.3, 0.4) is 0 Å². The maximum absolute atomic E-state index is 13.7. The van der Waals surface area contributed by atoms with Crippen molar-refractivity contribution >= 4 is 17.5 Å². The van der Waals surface area contributed by atoms with Crippen molar-refractivity contribution in [3.63, 3.8) is 0 Å². The molecule has 2 amide bonds. The van der Waals surface area contributed by atoms with E-state index in [0.29, 0.717) is 12.0 Å². The van der Waals surface area contributed by atoms with Gasteiger partial charge in [-0.2, -0.15) is 0 Å². The first kappa shape index (κ1) is 17.1. The monoisotopic (exact) mass is 296 g/mol. The fraction of sp³-hybridized carbons (Fsp3) is 0.467. The number of hydrogen-bond donors (Lipinski definition) is 1. The maximum atomic E-state index is 13.7. The van der Waals surface area contributed by atoms with Crippen LogP contribution in [0.1, 0.15) is 30.1 Å². The number of carbonyl (C=O) groups is 2. The Balaban J connectivity index is 2.76. The predicted molar refractivity (Wildman–Crippen MR) is 78.8 cm³/mol. The molecule has 21 heavy (non-hydrogen) atoms. The zero-order chi connectivity index (χ0) is 16.0. The summed E-state index contributed by atoms with van der Waals surface area (Å²) in [6.45, 7) is 1.85. The summed E-state index contributed by atoms with van der Waals surface area (Å²) in [7, 11) is 4.78. The topological polar surface area (TPSA) is 58.6 Å². The third-order valence-corrected chi connectivity index (χ3v) is 3.07. The molecule has 6 heteroatoms. The molecule has 0 radical (unpaired) electrons. The SMILES string of the molecule is COC(C)CCC(=O)Nc1cc(C(=O)N(C)C)ccc1F. The van der Waals surface area contributed by atoms with Crippen LogP contribution in [0.15, 0.2) is 18.2 Å². The molecule has 5 nitrogen and oxygen atoms in total. The zero-order valence-electron chi connectivity index (χ0n) is 12.8. The van der Waals surface area contributed by atoms with Gasteiger partial charge in [0.15, 0.2) is 0 Å². The fourth-order valence-electron chi connectivity index (χ4n) is 1.68. The summed E-state index contributed by atoms with van der Waals surface area (Å²) >= 11 is 0. The van der Waals surface area contributed by atoms with Gasteiger partial charge in [0.1, 0.15) is 5.82 Å². The van der Waals surface area contributed by atoms with E-state index in [-0.39, 0.29) is 30.0 Å². The van der Waals surface area contributed by atoms with Gasteiger partial charge in [-0.05, 0) is 31.5 Å². The first-order valence-corrected chi connectivity index (χ1v) is 6.69. The van der Waals surface area contributed by atoms with Crippen molar-refractivity contribution < 1.29 is 18.7 Å². The lowest BCUT2D eigenvalue weighted by molar-refractivity contribution is -0.116. The highest BCUT2D eigenvalue weighted by Crippen LogP contribution is 2.17. The molecule has 0 saturated carbocycles. The van der Waals surface area contributed by atoms with Crippen LogP contribution in [0.2, 0.25) is 0 Å². The third kappa shape index (κ3) is 5.15. The number of rotatable bonds is 6. The molecule has 1 rings (SSSR count). The molecular formula is C15H21FN2O3. The summed E-state index contributed by atoms with van der Waals surface area (Å²) in [6, 6.07) is 3.90. The van der Waals surface area contributed by atoms with Crippen molar-refractivity contribution in [1.82, 2.24) is 4.90 Å². The zero-order valence-corrected chi connectivity index (χ0v) is 12.8. The number of halogens is 1. The molecule has 116 valence electrons. The van der Waals surface area contributed by atoms with Gasteiger partial charge in [-0.15, -0.1) is 0 Å². The van der Waals surface area contributed by atoms with Gasteiger partial charge in [0.2, 0.25) is 5.91 Å². The second kappa shape index (κ2) is 7.73. The second-order valence-electron chi connectivity index (χ2n) is 5.03. The van der Waals surface area contributed by atoms with Gasteiger partial charge in [0, 0.05) is 33.2 Å². The lowest BCUT2D eigenvalue weighted by Crippen LogP contribution is -2.22. The van der Waals surface area contributed by atoms with Crippen LogP contribution >= 0.6 is 0 Å². The van der Waals surface area contributed by atoms with Crippen LogP contribution in [-0.4, -0.2) is 44.0 Å². The Labute approximate surface area is 124 Å². The molecule has 0 bridgehead atoms. The molecule has 1 N–H and O–H groups in total. The second-order valence-corrected chi connectivity index (χ2v) is 5.03. The first-order valence-electron chi connectivity index (χ1n) is 6.69. The molecule has 0 aliphatic rings. The normalized spacial score (nSPS) is 11.9. The van der Waals surface area contributed by atoms with Crippen molar-refractivity contribution in [3.05, 3.63) is 29.6 Å². The third-order valence-electron chi connectivity index (χ3n) is 3.07. The summed E-state index contributed by atoms with van der Waals surface area (Å²) in [5, 5.41) is 2.48. The van der Waals surface area contributed by atoms with E-state index < -0.39 is 5.82 Å². The Morgan fingerprint density at radius 2 is 2.05 bits per heavy atom. The Kier molecular flexibility index (Phi) is 6.30. The summed E-state index contributed by atoms with van der Waals surface area (Å²) in [4.78, 5) is 25.0. The van der Waals surface area contributed by atoms with Gasteiger partial charge in [0.05, 0.1) is 11.8 Å². The van der Waals surface area contributed by atoms with Crippen LogP contribution in [0.25, 0.3) is 0 Å². The molecule has 0 heterocycles. The molecule has 0 aromatic heterocycles. The highest BCUT2D eigenvalue weighted by Gasteiger charge is 2.13. The Hall–Kier alpha value is -1.95. The van der Waals surface area contributed by atoms with E-state index in [0.717, 1.165) is 0 Å². The smallest absolute Gasteiger partial charge is 0.253 e. The molecular weight excluding hydrogens is 275 g/mol. The number of hydrogen-bond acceptors (Lipinski definition) is 3. The van der Waals surface area contributed by atoms with Crippen molar-refractivity contribution in [2.24, 2.45) is 0 Å². The number of benzene rings is 1. The maximum Gasteiger partial charge on any atom is 0.253 e. The molecule has 1 aromatic rings. The molecule has 0 aliphatic carbocycles. The van der Waals surface area contributed by atoms with E-state index in [1.54, 1.807) is 21.2 Å². The van der Waals surface area contributed by atoms with Crippen LogP contribution < -0.4 is 5.32 Å². The minimum absolute atomic E-state index is 0.0118. The standard InChI is InChI=1S/C15H21FN2O3/c1-10(21-4)5-8-14(19)17-13-9-11(6-7-12(13)16)15(20)18(2)3/h6-7,9-10H,5,8H2,1-4H3,(H,17,19). The van der Waals surface area contributed by atoms with E-state index in [1.165, 1.54) is 23.1 Å². The van der Waals surface area contributed by atoms with Crippen molar-refractivity contribution in [2.45, 2.75) is 25.9 Å². The molecule has 1 aromatic carbocycles. The molecule has 0 spiro atoms. The molecule has 0 aliphatic heterocycles. The summed E-state index contributed by atoms with van der Waals surface area (Å²) in [5.41, 5.74) is 0.333. The number of nitrogens with zero attached hydrogens (tertiary/aromatic N) is 1. The van der Waals surface area contributed by atoms with Crippen molar-refractivity contribution in [3.8, 4) is 0 Å². The number of carbonyl (C=O) groups excluding carboxylic acids is 2. The van der Waals surface area contributed by atoms with Crippen molar-refractivity contribution in [1.29, 1.82) is 0 Å². The van der Waals surface area contributed by atoms with Gasteiger partial charge in [-0.25, -0.2) is 4.39 Å². The quantitative estimate of drug-likeness (QED) is 0.876. The minimum Gasteiger partial charge on any atom is -0.382 e. The van der Waals surface area contributed by atoms with E-state index in [4.69, 9.17) is 4.74 Å². The Bertz CT molecular complexity index is 518. The summed E-state index contributed by atoms with van der Waals surface area (Å²) in [5.74, 6) is -1.13. The molecule has 1 atom stereocenters. The Morgan fingerprint density at radius 3 is 2.62 bits per heavy atom. The lowest BCUT2D eigenvalue weighted by Gasteiger charge is -2.13. The molecule has 0 saturated heterocycles. The van der Waals surface area contributed by atoms with Crippen LogP contribution in [0.5, 0.6) is 0 Å². The van der Waals surface area contributed by atoms with E-state index >= 15 is 0 Å². The summed E-state index contributed by atoms with van der Waals surface area (Å²) in [6.07, 6.45) is 0.725. The van der Waals surface area contributed by atoms with Gasteiger partial charge >= 0.3 is 0 Å². The number of anilines is 1. The fourth-order valence-corrected chi connectivity index (χ4v) is 1.68. The lowest BCUT2D eigenvalue weighted by atomic mass is 10.1. The van der Waals surface area contributed by atoms with E-state index in [2.05, 4.69) is 5.32 Å². The van der Waals surface area contributed by atoms with Crippen molar-refractivity contribution in [2.75, 3.05) is 26.5 Å². The molecule has 0 fully saturated rings. The number of amides is 2. The predicted octanol–water partition coefficient (Wildman–Crippen LogP) is 2.28. The van der Waals surface area contributed by atoms with Crippen LogP contribution in [-0.2, 0) is 9.53 Å². The van der Waals surface area contributed by atoms with E-state index in [9.17, 15) is 14.0 Å². The highest BCUT2D eigenvalue weighted by atomic mass is 19.1. The average molecular weight is 296 g/mol. The largest absolute Gasteiger partial charge is 0.382 e. The first-order chi connectivity index (χ1) is 9.85. The van der Waals surface area contributed by atoms with Gasteiger partial charge in [-0.3, -0.25) is 9.59 Å². The average Bonchev–Trinajstić information content (AvgIpc) is 2.46. The van der Waals surface area contributed by atoms with Crippen LogP contribution in [0, 0.1) is 5.82 Å². The number of ether oxygens (including phenoxy) is 1. The van der Waals surface area contributed by atoms with Gasteiger partial charge < -0.3 is 15.0 Å². The van der Waals surface area contributed by atoms with Gasteiger partial charge in [0.25, 0.3) is 5.91 Å². The van der Waals surface area contributed by atoms with Crippen LogP contribution in [0.4, 0.5) is 10.1 Å². The number of nitrogens with one attached hydrogen (secondary N) is 1. The summed E-state index contributed by atoms with van der Waals surface area (Å²) < 4.78 is 18.7. The van der Waals surface area contributed by atoms with E-state index in [1.807, 2.05) is 6.92 Å². The van der Waals surface area contributed by atoms with Gasteiger partial charge in [-0.1, -0.05) is 0 Å². The number of methoxy groups -OCH3 is 1. The highest BCUT2D eigenvalue weighted by molar-refractivity contribution is 5.97. The minimum atomic E-state index is -0.571. The Morgan fingerprint density at radius 1 is 1.38 bits per heavy atom. The molecule has 1 unspecified atom stereocenters.